The minimum Gasteiger partial charge on any atom is -0.507 e. The van der Waals surface area contributed by atoms with Crippen LogP contribution in [-0.4, -0.2) is 65.2 Å². The van der Waals surface area contributed by atoms with Crippen molar-refractivity contribution in [3.8, 4) is 11.5 Å². The summed E-state index contributed by atoms with van der Waals surface area (Å²) in [5, 5.41) is 26.7. The number of aromatic amines is 1. The molecule has 1 aliphatic heterocycles. The van der Waals surface area contributed by atoms with Crippen molar-refractivity contribution >= 4 is 28.5 Å². The van der Waals surface area contributed by atoms with Crippen LogP contribution in [0.25, 0.3) is 10.9 Å². The van der Waals surface area contributed by atoms with Gasteiger partial charge >= 0.3 is 0 Å². The van der Waals surface area contributed by atoms with E-state index in [2.05, 4.69) is 26.1 Å². The van der Waals surface area contributed by atoms with Gasteiger partial charge in [-0.25, -0.2) is 4.39 Å². The van der Waals surface area contributed by atoms with E-state index in [0.29, 0.717) is 18.7 Å². The number of phenols is 1. The number of carbonyl (C=O) groups excluding carboxylic acids is 3. The van der Waals surface area contributed by atoms with E-state index in [4.69, 9.17) is 4.74 Å². The van der Waals surface area contributed by atoms with Crippen molar-refractivity contribution in [2.24, 2.45) is 0 Å². The molecule has 0 aliphatic carbocycles. The quantitative estimate of drug-likeness (QED) is 0.236. The van der Waals surface area contributed by atoms with Crippen LogP contribution in [0.1, 0.15) is 36.6 Å². The van der Waals surface area contributed by atoms with Gasteiger partial charge < -0.3 is 25.8 Å². The van der Waals surface area contributed by atoms with Crippen molar-refractivity contribution in [3.63, 3.8) is 0 Å². The maximum atomic E-state index is 14.6. The van der Waals surface area contributed by atoms with Gasteiger partial charge in [0.05, 0.1) is 30.9 Å². The Labute approximate surface area is 216 Å². The standard InChI is InChI=1S/C27H24FN5O5/c1-38-22-9-8-21(34)23(24(22)28)25(35)14-2-4-15(5-3-14)26(36)31-19-12-29-13-20(19)32-27(37)16-6-7-17-11-30-33-18(17)10-16/h2-11,19-20,29,34H,12-13H2,1H3,(H,30,33)(H,31,36)(H,32,37)/t19?,20-/m1/s1. The first-order chi connectivity index (χ1) is 18.4. The Morgan fingerprint density at radius 1 is 0.947 bits per heavy atom. The number of carbonyl (C=O) groups is 3. The number of benzene rings is 3. The number of hydrogen-bond acceptors (Lipinski definition) is 7. The molecule has 2 amide bonds. The molecular weight excluding hydrogens is 493 g/mol. The van der Waals surface area contributed by atoms with Crippen molar-refractivity contribution in [1.29, 1.82) is 0 Å². The second kappa shape index (κ2) is 10.3. The molecule has 1 fully saturated rings. The molecule has 1 unspecified atom stereocenters. The molecule has 38 heavy (non-hydrogen) atoms. The summed E-state index contributed by atoms with van der Waals surface area (Å²) in [4.78, 5) is 38.5. The van der Waals surface area contributed by atoms with Gasteiger partial charge in [-0.2, -0.15) is 5.10 Å². The van der Waals surface area contributed by atoms with Crippen LogP contribution in [0.4, 0.5) is 4.39 Å². The van der Waals surface area contributed by atoms with Gasteiger partial charge in [-0.05, 0) is 36.4 Å². The highest BCUT2D eigenvalue weighted by Gasteiger charge is 2.30. The van der Waals surface area contributed by atoms with Crippen LogP contribution in [0.15, 0.2) is 60.8 Å². The molecule has 1 saturated heterocycles. The van der Waals surface area contributed by atoms with Crippen molar-refractivity contribution in [2.75, 3.05) is 20.2 Å². The first kappa shape index (κ1) is 24.9. The monoisotopic (exact) mass is 517 g/mol. The first-order valence-corrected chi connectivity index (χ1v) is 11.8. The third kappa shape index (κ3) is 4.78. The number of aromatic nitrogens is 2. The Kier molecular flexibility index (Phi) is 6.75. The van der Waals surface area contributed by atoms with Crippen molar-refractivity contribution in [3.05, 3.63) is 88.9 Å². The molecule has 0 spiro atoms. The minimum absolute atomic E-state index is 0.0888. The van der Waals surface area contributed by atoms with E-state index in [1.807, 2.05) is 0 Å². The lowest BCUT2D eigenvalue weighted by atomic mass is 10.00. The highest BCUT2D eigenvalue weighted by molar-refractivity contribution is 6.11. The number of nitrogens with zero attached hydrogens (tertiary/aromatic N) is 1. The number of halogens is 1. The summed E-state index contributed by atoms with van der Waals surface area (Å²) >= 11 is 0. The predicted molar refractivity (Wildman–Crippen MR) is 136 cm³/mol. The van der Waals surface area contributed by atoms with Crippen LogP contribution in [0.2, 0.25) is 0 Å². The lowest BCUT2D eigenvalue weighted by Crippen LogP contribution is -2.51. The molecule has 2 atom stereocenters. The second-order valence-electron chi connectivity index (χ2n) is 8.87. The zero-order valence-corrected chi connectivity index (χ0v) is 20.2. The van der Waals surface area contributed by atoms with Crippen LogP contribution in [0, 0.1) is 5.82 Å². The number of rotatable bonds is 7. The summed E-state index contributed by atoms with van der Waals surface area (Å²) in [7, 11) is 1.26. The van der Waals surface area contributed by atoms with Crippen molar-refractivity contribution < 1.29 is 28.6 Å². The molecule has 0 bridgehead atoms. The van der Waals surface area contributed by atoms with Gasteiger partial charge in [0.1, 0.15) is 11.3 Å². The third-order valence-electron chi connectivity index (χ3n) is 6.49. The molecule has 2 heterocycles. The zero-order valence-electron chi connectivity index (χ0n) is 20.2. The fourth-order valence-corrected chi connectivity index (χ4v) is 4.40. The average molecular weight is 518 g/mol. The smallest absolute Gasteiger partial charge is 0.251 e. The number of amides is 2. The summed E-state index contributed by atoms with van der Waals surface area (Å²) in [5.41, 5.74) is 1.07. The predicted octanol–water partition coefficient (Wildman–Crippen LogP) is 2.15. The summed E-state index contributed by atoms with van der Waals surface area (Å²) in [5.74, 6) is -3.07. The molecular formula is C27H24FN5O5. The summed E-state index contributed by atoms with van der Waals surface area (Å²) < 4.78 is 19.5. The molecule has 11 heteroatoms. The zero-order chi connectivity index (χ0) is 26.8. The molecule has 5 N–H and O–H groups in total. The average Bonchev–Trinajstić information content (AvgIpc) is 3.57. The molecule has 5 rings (SSSR count). The van der Waals surface area contributed by atoms with Crippen molar-refractivity contribution in [2.45, 2.75) is 12.1 Å². The van der Waals surface area contributed by atoms with Gasteiger partial charge in [0.2, 0.25) is 0 Å². The number of hydrogen-bond donors (Lipinski definition) is 5. The van der Waals surface area contributed by atoms with Gasteiger partial charge in [-0.15, -0.1) is 0 Å². The van der Waals surface area contributed by atoms with Gasteiger partial charge in [0.25, 0.3) is 11.8 Å². The van der Waals surface area contributed by atoms with Gasteiger partial charge in [0, 0.05) is 35.2 Å². The third-order valence-corrected chi connectivity index (χ3v) is 6.49. The molecule has 10 nitrogen and oxygen atoms in total. The fourth-order valence-electron chi connectivity index (χ4n) is 4.40. The highest BCUT2D eigenvalue weighted by Crippen LogP contribution is 2.30. The Hall–Kier alpha value is -4.77. The Balaban J connectivity index is 1.24. The van der Waals surface area contributed by atoms with E-state index in [9.17, 15) is 23.9 Å². The topological polar surface area (TPSA) is 145 Å². The maximum Gasteiger partial charge on any atom is 0.251 e. The van der Waals surface area contributed by atoms with E-state index in [0.717, 1.165) is 10.9 Å². The number of nitrogens with one attached hydrogen (secondary N) is 4. The second-order valence-corrected chi connectivity index (χ2v) is 8.87. The van der Waals surface area contributed by atoms with Gasteiger partial charge in [0.15, 0.2) is 17.3 Å². The van der Waals surface area contributed by atoms with E-state index < -0.39 is 28.8 Å². The first-order valence-electron chi connectivity index (χ1n) is 11.8. The molecule has 194 valence electrons. The normalized spacial score (nSPS) is 16.8. The molecule has 1 aliphatic rings. The van der Waals surface area contributed by atoms with E-state index in [-0.39, 0.29) is 34.9 Å². The molecule has 3 aromatic carbocycles. The van der Waals surface area contributed by atoms with Crippen LogP contribution in [0.5, 0.6) is 11.5 Å². The van der Waals surface area contributed by atoms with Crippen LogP contribution >= 0.6 is 0 Å². The van der Waals surface area contributed by atoms with E-state index in [1.165, 1.54) is 43.5 Å². The van der Waals surface area contributed by atoms with Crippen LogP contribution < -0.4 is 20.7 Å². The lowest BCUT2D eigenvalue weighted by molar-refractivity contribution is 0.0896. The number of aromatic hydroxyl groups is 1. The fraction of sp³-hybridized carbons (Fsp3) is 0.185. The van der Waals surface area contributed by atoms with E-state index >= 15 is 0 Å². The highest BCUT2D eigenvalue weighted by atomic mass is 19.1. The van der Waals surface area contributed by atoms with Crippen LogP contribution in [0.3, 0.4) is 0 Å². The Bertz CT molecular complexity index is 1530. The Morgan fingerprint density at radius 3 is 2.26 bits per heavy atom. The molecule has 0 saturated carbocycles. The molecule has 1 aromatic heterocycles. The molecule has 0 radical (unpaired) electrons. The largest absolute Gasteiger partial charge is 0.507 e. The minimum atomic E-state index is -0.967. The Morgan fingerprint density at radius 2 is 1.58 bits per heavy atom. The van der Waals surface area contributed by atoms with E-state index in [1.54, 1.807) is 24.4 Å². The SMILES string of the molecule is COc1ccc(O)c(C(=O)c2ccc(C(=O)NC3CNC[C@H]3NC(=O)c3ccc4cn[nH]c4c3)cc2)c1F. The number of ether oxygens (including phenoxy) is 1. The van der Waals surface area contributed by atoms with Gasteiger partial charge in [-0.1, -0.05) is 18.2 Å². The van der Waals surface area contributed by atoms with Crippen molar-refractivity contribution in [1.82, 2.24) is 26.1 Å². The lowest BCUT2D eigenvalue weighted by Gasteiger charge is -2.21. The maximum absolute atomic E-state index is 14.6. The van der Waals surface area contributed by atoms with Crippen LogP contribution in [-0.2, 0) is 0 Å². The summed E-state index contributed by atoms with van der Waals surface area (Å²) in [6.45, 7) is 0.938. The number of phenolic OH excluding ortho intramolecular Hbond substituents is 1. The molecule has 4 aromatic rings. The number of H-pyrrole nitrogens is 1. The number of fused-ring (bicyclic) bond motifs is 1. The summed E-state index contributed by atoms with van der Waals surface area (Å²) in [6.07, 6.45) is 1.67. The van der Waals surface area contributed by atoms with Gasteiger partial charge in [-0.3, -0.25) is 19.5 Å². The summed E-state index contributed by atoms with van der Waals surface area (Å²) in [6, 6.07) is 12.6. The number of ketones is 1. The number of methoxy groups -OCH3 is 1.